The lowest BCUT2D eigenvalue weighted by Crippen LogP contribution is -1.93. The smallest absolute Gasteiger partial charge is 0.0964 e. The summed E-state index contributed by atoms with van der Waals surface area (Å²) in [6.07, 6.45) is 0. The van der Waals surface area contributed by atoms with Gasteiger partial charge < -0.3 is 5.73 Å². The molecule has 0 amide bonds. The zero-order valence-corrected chi connectivity index (χ0v) is 7.61. The molecule has 0 saturated carbocycles. The van der Waals surface area contributed by atoms with Crippen molar-refractivity contribution in [3.63, 3.8) is 0 Å². The third-order valence-electron chi connectivity index (χ3n) is 1.39. The fourth-order valence-electron chi connectivity index (χ4n) is 0.777. The third-order valence-corrected chi connectivity index (χ3v) is 2.21. The molecule has 0 unspecified atom stereocenters. The maximum absolute atomic E-state index is 5.61. The van der Waals surface area contributed by atoms with Crippen LogP contribution in [0.1, 0.15) is 12.6 Å². The second-order valence-corrected chi connectivity index (χ2v) is 3.54. The zero-order chi connectivity index (χ0) is 8.27. The Morgan fingerprint density at radius 1 is 1.55 bits per heavy atom. The summed E-state index contributed by atoms with van der Waals surface area (Å²) in [7, 11) is 0. The number of nitrogens with two attached hydrogens (primary N) is 1. The predicted octanol–water partition coefficient (Wildman–Crippen LogP) is 2.08. The molecule has 0 atom stereocenters. The predicted molar refractivity (Wildman–Crippen MR) is 49.8 cm³/mol. The number of hydrogen-bond donors (Lipinski definition) is 1. The number of pyridine rings is 1. The average Bonchev–Trinajstić information content (AvgIpc) is 1.98. The van der Waals surface area contributed by atoms with Gasteiger partial charge in [-0.2, -0.15) is 0 Å². The van der Waals surface area contributed by atoms with Crippen LogP contribution >= 0.6 is 11.8 Å². The van der Waals surface area contributed by atoms with Gasteiger partial charge in [0, 0.05) is 0 Å². The Bertz CT molecular complexity index is 248. The number of hydrogen-bond acceptors (Lipinski definition) is 3. The van der Waals surface area contributed by atoms with Gasteiger partial charge in [0.05, 0.1) is 16.4 Å². The Morgan fingerprint density at radius 2 is 2.27 bits per heavy atom. The average molecular weight is 168 g/mol. The molecule has 0 spiro atoms. The number of nitrogens with zero attached hydrogens (tertiary/aromatic N) is 1. The molecule has 0 aliphatic heterocycles. The minimum absolute atomic E-state index is 0.769. The minimum atomic E-state index is 0.769. The largest absolute Gasteiger partial charge is 0.397 e. The summed E-state index contributed by atoms with van der Waals surface area (Å²) in [5, 5.41) is 1.05. The molecule has 1 aromatic heterocycles. The highest BCUT2D eigenvalue weighted by molar-refractivity contribution is 7.99. The monoisotopic (exact) mass is 168 g/mol. The molecular weight excluding hydrogens is 156 g/mol. The number of anilines is 1. The topological polar surface area (TPSA) is 38.9 Å². The number of rotatable bonds is 2. The molecule has 0 aliphatic carbocycles. The lowest BCUT2D eigenvalue weighted by atomic mass is 10.3. The summed E-state index contributed by atoms with van der Waals surface area (Å²) in [6.45, 7) is 4.03. The highest BCUT2D eigenvalue weighted by Crippen LogP contribution is 2.17. The standard InChI is InChI=1S/C8H12N2S/c1-3-11-8-5-4-7(9)6(2)10-8/h4-5H,3,9H2,1-2H3. The first-order valence-corrected chi connectivity index (χ1v) is 4.58. The van der Waals surface area contributed by atoms with Gasteiger partial charge in [0.15, 0.2) is 0 Å². The first-order valence-electron chi connectivity index (χ1n) is 3.60. The molecule has 0 bridgehead atoms. The zero-order valence-electron chi connectivity index (χ0n) is 6.79. The summed E-state index contributed by atoms with van der Waals surface area (Å²) in [5.41, 5.74) is 7.30. The van der Waals surface area contributed by atoms with Crippen molar-refractivity contribution in [1.82, 2.24) is 4.98 Å². The SMILES string of the molecule is CCSc1ccc(N)c(C)n1. The molecule has 0 aromatic carbocycles. The van der Waals surface area contributed by atoms with Crippen molar-refractivity contribution in [3.05, 3.63) is 17.8 Å². The fraction of sp³-hybridized carbons (Fsp3) is 0.375. The first-order chi connectivity index (χ1) is 5.24. The molecule has 11 heavy (non-hydrogen) atoms. The van der Waals surface area contributed by atoms with Gasteiger partial charge in [0.1, 0.15) is 0 Å². The maximum Gasteiger partial charge on any atom is 0.0964 e. The number of aromatic nitrogens is 1. The summed E-state index contributed by atoms with van der Waals surface area (Å²) < 4.78 is 0. The second-order valence-electron chi connectivity index (χ2n) is 2.26. The lowest BCUT2D eigenvalue weighted by molar-refractivity contribution is 1.07. The highest BCUT2D eigenvalue weighted by Gasteiger charge is 1.96. The quantitative estimate of drug-likeness (QED) is 0.687. The van der Waals surface area contributed by atoms with Gasteiger partial charge in [-0.15, -0.1) is 11.8 Å². The molecule has 2 nitrogen and oxygen atoms in total. The normalized spacial score (nSPS) is 10.0. The van der Waals surface area contributed by atoms with Crippen LogP contribution in [0.5, 0.6) is 0 Å². The highest BCUT2D eigenvalue weighted by atomic mass is 32.2. The van der Waals surface area contributed by atoms with Crippen molar-refractivity contribution < 1.29 is 0 Å². The van der Waals surface area contributed by atoms with Crippen molar-refractivity contribution in [1.29, 1.82) is 0 Å². The Hall–Kier alpha value is -0.700. The number of aryl methyl sites for hydroxylation is 1. The molecule has 0 saturated heterocycles. The first kappa shape index (κ1) is 8.40. The second kappa shape index (κ2) is 3.62. The van der Waals surface area contributed by atoms with Gasteiger partial charge in [-0.3, -0.25) is 0 Å². The van der Waals surface area contributed by atoms with Crippen LogP contribution in [0.4, 0.5) is 5.69 Å². The number of nitrogen functional groups attached to an aromatic ring is 1. The molecule has 1 aromatic rings. The molecule has 1 heterocycles. The third kappa shape index (κ3) is 2.12. The van der Waals surface area contributed by atoms with Gasteiger partial charge >= 0.3 is 0 Å². The van der Waals surface area contributed by atoms with E-state index in [0.717, 1.165) is 22.2 Å². The van der Waals surface area contributed by atoms with Crippen LogP contribution in [-0.2, 0) is 0 Å². The summed E-state index contributed by atoms with van der Waals surface area (Å²) in [5.74, 6) is 1.05. The summed E-state index contributed by atoms with van der Waals surface area (Å²) in [6, 6.07) is 3.86. The van der Waals surface area contributed by atoms with E-state index in [1.165, 1.54) is 0 Å². The Kier molecular flexibility index (Phi) is 2.76. The van der Waals surface area contributed by atoms with Crippen molar-refractivity contribution in [2.45, 2.75) is 18.9 Å². The minimum Gasteiger partial charge on any atom is -0.397 e. The molecule has 1 rings (SSSR count). The van der Waals surface area contributed by atoms with Crippen LogP contribution in [-0.4, -0.2) is 10.7 Å². The Balaban J connectivity index is 2.86. The van der Waals surface area contributed by atoms with Gasteiger partial charge in [-0.05, 0) is 24.8 Å². The molecule has 3 heteroatoms. The Labute approximate surface area is 71.2 Å². The van der Waals surface area contributed by atoms with Crippen LogP contribution < -0.4 is 5.73 Å². The van der Waals surface area contributed by atoms with E-state index in [4.69, 9.17) is 5.73 Å². The molecule has 2 N–H and O–H groups in total. The van der Waals surface area contributed by atoms with Crippen molar-refractivity contribution in [3.8, 4) is 0 Å². The van der Waals surface area contributed by atoms with Crippen molar-refractivity contribution in [2.75, 3.05) is 11.5 Å². The molecule has 0 fully saturated rings. The van der Waals surface area contributed by atoms with E-state index in [1.807, 2.05) is 19.1 Å². The maximum atomic E-state index is 5.61. The van der Waals surface area contributed by atoms with Crippen LogP contribution in [0.15, 0.2) is 17.2 Å². The van der Waals surface area contributed by atoms with Crippen LogP contribution in [0, 0.1) is 6.92 Å². The van der Waals surface area contributed by atoms with Gasteiger partial charge in [0.2, 0.25) is 0 Å². The van der Waals surface area contributed by atoms with E-state index in [9.17, 15) is 0 Å². The van der Waals surface area contributed by atoms with Crippen LogP contribution in [0.3, 0.4) is 0 Å². The number of thioether (sulfide) groups is 1. The summed E-state index contributed by atoms with van der Waals surface area (Å²) >= 11 is 1.73. The molecule has 0 radical (unpaired) electrons. The fourth-order valence-corrected chi connectivity index (χ4v) is 1.44. The van der Waals surface area contributed by atoms with E-state index >= 15 is 0 Å². The summed E-state index contributed by atoms with van der Waals surface area (Å²) in [4.78, 5) is 4.30. The van der Waals surface area contributed by atoms with Crippen molar-refractivity contribution in [2.24, 2.45) is 0 Å². The Morgan fingerprint density at radius 3 is 2.82 bits per heavy atom. The van der Waals surface area contributed by atoms with Crippen LogP contribution in [0.25, 0.3) is 0 Å². The molecule has 60 valence electrons. The van der Waals surface area contributed by atoms with Gasteiger partial charge in [-0.1, -0.05) is 6.92 Å². The van der Waals surface area contributed by atoms with E-state index in [2.05, 4.69) is 11.9 Å². The van der Waals surface area contributed by atoms with E-state index in [0.29, 0.717) is 0 Å². The van der Waals surface area contributed by atoms with Crippen molar-refractivity contribution >= 4 is 17.4 Å². The van der Waals surface area contributed by atoms with Gasteiger partial charge in [-0.25, -0.2) is 4.98 Å². The van der Waals surface area contributed by atoms with E-state index in [-0.39, 0.29) is 0 Å². The molecular formula is C8H12N2S. The van der Waals surface area contributed by atoms with E-state index in [1.54, 1.807) is 11.8 Å². The lowest BCUT2D eigenvalue weighted by Gasteiger charge is -2.01. The van der Waals surface area contributed by atoms with E-state index < -0.39 is 0 Å². The van der Waals surface area contributed by atoms with Crippen LogP contribution in [0.2, 0.25) is 0 Å². The molecule has 0 aliphatic rings. The van der Waals surface area contributed by atoms with Gasteiger partial charge in [0.25, 0.3) is 0 Å².